The summed E-state index contributed by atoms with van der Waals surface area (Å²) in [5.41, 5.74) is 4.13. The molecule has 0 aliphatic heterocycles. The van der Waals surface area contributed by atoms with Crippen LogP contribution in [0.3, 0.4) is 0 Å². The number of hydrogen-bond acceptors (Lipinski definition) is 6. The Balaban J connectivity index is 1.58. The molecule has 0 saturated heterocycles. The highest BCUT2D eigenvalue weighted by atomic mass is 32.1. The molecule has 0 saturated carbocycles. The van der Waals surface area contributed by atoms with E-state index in [4.69, 9.17) is 4.74 Å². The molecule has 2 aromatic carbocycles. The Morgan fingerprint density at radius 3 is 2.56 bits per heavy atom. The molecule has 1 amide bonds. The number of ether oxygens (including phenoxy) is 1. The Kier molecular flexibility index (Phi) is 6.66. The standard InChI is InChI=1S/C25H26N4O2S/c1-4-29(5-2)24-21-15-20(11-12-22(21)26-17-27-24)19-9-6-8-18(14-19)16-28(3)25(30)31-23-10-7-13-32-23/h6-15,17H,4-5,16H2,1-3H3. The first kappa shape index (κ1) is 21.8. The van der Waals surface area contributed by atoms with Gasteiger partial charge in [0.05, 0.1) is 5.52 Å². The Bertz CT molecular complexity index is 1210. The summed E-state index contributed by atoms with van der Waals surface area (Å²) in [7, 11) is 1.74. The zero-order valence-electron chi connectivity index (χ0n) is 18.5. The molecule has 4 aromatic rings. The van der Waals surface area contributed by atoms with Gasteiger partial charge in [0.2, 0.25) is 0 Å². The van der Waals surface area contributed by atoms with E-state index < -0.39 is 0 Å². The minimum absolute atomic E-state index is 0.371. The minimum Gasteiger partial charge on any atom is -0.399 e. The molecule has 2 heterocycles. The van der Waals surface area contributed by atoms with Crippen molar-refractivity contribution in [3.63, 3.8) is 0 Å². The molecule has 4 rings (SSSR count). The average molecular weight is 447 g/mol. The van der Waals surface area contributed by atoms with Gasteiger partial charge in [0, 0.05) is 32.1 Å². The zero-order valence-corrected chi connectivity index (χ0v) is 19.3. The monoisotopic (exact) mass is 446 g/mol. The lowest BCUT2D eigenvalue weighted by molar-refractivity contribution is 0.162. The van der Waals surface area contributed by atoms with Crippen LogP contribution in [0.2, 0.25) is 0 Å². The maximum Gasteiger partial charge on any atom is 0.416 e. The number of carbonyl (C=O) groups is 1. The first-order valence-electron chi connectivity index (χ1n) is 10.6. The molecule has 0 N–H and O–H groups in total. The van der Waals surface area contributed by atoms with E-state index in [2.05, 4.69) is 53.0 Å². The summed E-state index contributed by atoms with van der Waals surface area (Å²) in [6.45, 7) is 6.49. The number of thiophene rings is 1. The third-order valence-corrected chi connectivity index (χ3v) is 6.10. The topological polar surface area (TPSA) is 58.6 Å². The van der Waals surface area contributed by atoms with Crippen molar-refractivity contribution >= 4 is 34.2 Å². The Morgan fingerprint density at radius 2 is 1.81 bits per heavy atom. The predicted octanol–water partition coefficient (Wildman–Crippen LogP) is 5.84. The van der Waals surface area contributed by atoms with Crippen LogP contribution >= 0.6 is 11.3 Å². The van der Waals surface area contributed by atoms with Crippen molar-refractivity contribution in [2.75, 3.05) is 25.0 Å². The Labute approximate surface area is 192 Å². The van der Waals surface area contributed by atoms with Gasteiger partial charge in [0.25, 0.3) is 0 Å². The normalized spacial score (nSPS) is 10.8. The second-order valence-electron chi connectivity index (χ2n) is 7.46. The number of fused-ring (bicyclic) bond motifs is 1. The van der Waals surface area contributed by atoms with E-state index in [0.29, 0.717) is 11.6 Å². The minimum atomic E-state index is -0.371. The van der Waals surface area contributed by atoms with Gasteiger partial charge < -0.3 is 14.5 Å². The van der Waals surface area contributed by atoms with Gasteiger partial charge in [0.1, 0.15) is 12.1 Å². The van der Waals surface area contributed by atoms with E-state index >= 15 is 0 Å². The van der Waals surface area contributed by atoms with Crippen LogP contribution in [0.5, 0.6) is 5.06 Å². The van der Waals surface area contributed by atoms with Crippen molar-refractivity contribution in [3.05, 3.63) is 71.9 Å². The first-order valence-corrected chi connectivity index (χ1v) is 11.5. The van der Waals surface area contributed by atoms with Crippen molar-refractivity contribution in [2.45, 2.75) is 20.4 Å². The Hall–Kier alpha value is -3.45. The molecule has 0 radical (unpaired) electrons. The van der Waals surface area contributed by atoms with Gasteiger partial charge in [-0.25, -0.2) is 14.8 Å². The molecule has 0 aliphatic carbocycles. The van der Waals surface area contributed by atoms with Gasteiger partial charge in [-0.1, -0.05) is 24.3 Å². The van der Waals surface area contributed by atoms with Gasteiger partial charge >= 0.3 is 6.09 Å². The molecule has 0 fully saturated rings. The SMILES string of the molecule is CCN(CC)c1ncnc2ccc(-c3cccc(CN(C)C(=O)Oc4cccs4)c3)cc12. The highest BCUT2D eigenvalue weighted by Gasteiger charge is 2.14. The van der Waals surface area contributed by atoms with E-state index in [-0.39, 0.29) is 6.09 Å². The number of amides is 1. The second kappa shape index (κ2) is 9.78. The summed E-state index contributed by atoms with van der Waals surface area (Å²) in [5.74, 6) is 0.953. The molecule has 0 unspecified atom stereocenters. The molecule has 0 spiro atoms. The lowest BCUT2D eigenvalue weighted by Gasteiger charge is -2.21. The summed E-state index contributed by atoms with van der Waals surface area (Å²) in [4.78, 5) is 25.2. The van der Waals surface area contributed by atoms with Crippen LogP contribution in [-0.2, 0) is 6.54 Å². The van der Waals surface area contributed by atoms with Gasteiger partial charge in [-0.05, 0) is 66.2 Å². The molecular formula is C25H26N4O2S. The molecular weight excluding hydrogens is 420 g/mol. The lowest BCUT2D eigenvalue weighted by Crippen LogP contribution is -2.28. The van der Waals surface area contributed by atoms with Crippen molar-refractivity contribution < 1.29 is 9.53 Å². The number of rotatable bonds is 7. The molecule has 0 aliphatic rings. The van der Waals surface area contributed by atoms with Gasteiger partial charge in [0.15, 0.2) is 5.06 Å². The van der Waals surface area contributed by atoms with Gasteiger partial charge in [-0.15, -0.1) is 11.3 Å². The fraction of sp³-hybridized carbons (Fsp3) is 0.240. The lowest BCUT2D eigenvalue weighted by atomic mass is 10.0. The summed E-state index contributed by atoms with van der Waals surface area (Å²) < 4.78 is 5.40. The molecule has 0 atom stereocenters. The smallest absolute Gasteiger partial charge is 0.399 e. The number of carbonyl (C=O) groups excluding carboxylic acids is 1. The molecule has 32 heavy (non-hydrogen) atoms. The molecule has 2 aromatic heterocycles. The predicted molar refractivity (Wildman–Crippen MR) is 130 cm³/mol. The highest BCUT2D eigenvalue weighted by molar-refractivity contribution is 7.11. The van der Waals surface area contributed by atoms with Crippen LogP contribution < -0.4 is 9.64 Å². The number of aromatic nitrogens is 2. The van der Waals surface area contributed by atoms with Crippen LogP contribution in [0.25, 0.3) is 22.0 Å². The van der Waals surface area contributed by atoms with Crippen LogP contribution in [0, 0.1) is 0 Å². The number of benzene rings is 2. The van der Waals surface area contributed by atoms with Gasteiger partial charge in [-0.3, -0.25) is 0 Å². The van der Waals surface area contributed by atoms with E-state index in [1.165, 1.54) is 11.3 Å². The first-order chi connectivity index (χ1) is 15.6. The molecule has 164 valence electrons. The number of anilines is 1. The quantitative estimate of drug-likeness (QED) is 0.357. The number of nitrogens with zero attached hydrogens (tertiary/aromatic N) is 4. The average Bonchev–Trinajstić information content (AvgIpc) is 3.33. The summed E-state index contributed by atoms with van der Waals surface area (Å²) in [5, 5.41) is 3.51. The van der Waals surface area contributed by atoms with Crippen molar-refractivity contribution in [2.24, 2.45) is 0 Å². The van der Waals surface area contributed by atoms with Crippen molar-refractivity contribution in [3.8, 4) is 16.2 Å². The third kappa shape index (κ3) is 4.73. The fourth-order valence-electron chi connectivity index (χ4n) is 3.67. The van der Waals surface area contributed by atoms with Gasteiger partial charge in [-0.2, -0.15) is 0 Å². The third-order valence-electron chi connectivity index (χ3n) is 5.35. The second-order valence-corrected chi connectivity index (χ2v) is 8.37. The largest absolute Gasteiger partial charge is 0.416 e. The van der Waals surface area contributed by atoms with E-state index in [9.17, 15) is 4.79 Å². The van der Waals surface area contributed by atoms with Crippen LogP contribution in [0.15, 0.2) is 66.3 Å². The molecule has 6 nitrogen and oxygen atoms in total. The van der Waals surface area contributed by atoms with E-state index in [1.54, 1.807) is 24.3 Å². The number of hydrogen-bond donors (Lipinski definition) is 0. The van der Waals surface area contributed by atoms with Crippen molar-refractivity contribution in [1.29, 1.82) is 0 Å². The summed E-state index contributed by atoms with van der Waals surface area (Å²) in [6, 6.07) is 18.1. The summed E-state index contributed by atoms with van der Waals surface area (Å²) in [6.07, 6.45) is 1.26. The fourth-order valence-corrected chi connectivity index (χ4v) is 4.24. The Morgan fingerprint density at radius 1 is 1.00 bits per heavy atom. The molecule has 0 bridgehead atoms. The zero-order chi connectivity index (χ0) is 22.5. The molecule has 7 heteroatoms. The van der Waals surface area contributed by atoms with Crippen molar-refractivity contribution in [1.82, 2.24) is 14.9 Å². The van der Waals surface area contributed by atoms with E-state index in [1.807, 2.05) is 29.6 Å². The highest BCUT2D eigenvalue weighted by Crippen LogP contribution is 2.29. The van der Waals surface area contributed by atoms with Crippen LogP contribution in [0.4, 0.5) is 10.6 Å². The van der Waals surface area contributed by atoms with E-state index in [0.717, 1.165) is 46.5 Å². The maximum atomic E-state index is 12.4. The van der Waals surface area contributed by atoms with Crippen LogP contribution in [0.1, 0.15) is 19.4 Å². The van der Waals surface area contributed by atoms with Crippen LogP contribution in [-0.4, -0.2) is 41.1 Å². The maximum absolute atomic E-state index is 12.4. The summed E-state index contributed by atoms with van der Waals surface area (Å²) >= 11 is 1.40.